The van der Waals surface area contributed by atoms with Crippen molar-refractivity contribution >= 4 is 23.1 Å². The van der Waals surface area contributed by atoms with E-state index in [2.05, 4.69) is 4.90 Å². The normalized spacial score (nSPS) is 17.3. The number of ether oxygens (including phenoxy) is 1. The number of aromatic hydroxyl groups is 1. The lowest BCUT2D eigenvalue weighted by molar-refractivity contribution is -0.384. The largest absolute Gasteiger partial charge is 0.507 e. The number of rotatable bonds is 10. The summed E-state index contributed by atoms with van der Waals surface area (Å²) in [6, 6.07) is 8.77. The number of nitro groups is 1. The molecule has 0 radical (unpaired) electrons. The van der Waals surface area contributed by atoms with Gasteiger partial charge in [-0.3, -0.25) is 19.7 Å². The van der Waals surface area contributed by atoms with Gasteiger partial charge in [-0.1, -0.05) is 32.0 Å². The first-order chi connectivity index (χ1) is 16.7. The van der Waals surface area contributed by atoms with Crippen molar-refractivity contribution < 1.29 is 29.5 Å². The Balaban J connectivity index is 2.17. The van der Waals surface area contributed by atoms with Crippen LogP contribution in [0.2, 0.25) is 0 Å². The van der Waals surface area contributed by atoms with Crippen molar-refractivity contribution in [3.05, 3.63) is 69.3 Å². The second-order valence-corrected chi connectivity index (χ2v) is 7.99. The van der Waals surface area contributed by atoms with E-state index in [1.807, 2.05) is 13.8 Å². The van der Waals surface area contributed by atoms with Gasteiger partial charge >= 0.3 is 0 Å². The molecule has 2 N–H and O–H groups in total. The Labute approximate surface area is 203 Å². The molecule has 10 nitrogen and oxygen atoms in total. The third-order valence-corrected chi connectivity index (χ3v) is 6.02. The van der Waals surface area contributed by atoms with E-state index in [9.17, 15) is 29.9 Å². The Morgan fingerprint density at radius 2 is 1.86 bits per heavy atom. The molecule has 3 rings (SSSR count). The second-order valence-electron chi connectivity index (χ2n) is 7.99. The molecular formula is C25H29N3O7. The molecule has 1 aliphatic rings. The molecule has 0 aliphatic carbocycles. The summed E-state index contributed by atoms with van der Waals surface area (Å²) in [7, 11) is 0. The zero-order valence-electron chi connectivity index (χ0n) is 19.9. The minimum atomic E-state index is -0.968. The SMILES string of the molecule is CCOc1cc(C2/C(=C(\O)c3cccc([N+](=O)[O-])c3)C(=O)C(=O)N2CCN(CC)CC)ccc1O. The first-order valence-corrected chi connectivity index (χ1v) is 11.4. The number of likely N-dealkylation sites (tertiary alicyclic amines) is 1. The molecule has 2 aromatic rings. The molecule has 1 unspecified atom stereocenters. The number of carbonyl (C=O) groups is 2. The predicted molar refractivity (Wildman–Crippen MR) is 129 cm³/mol. The smallest absolute Gasteiger partial charge is 0.295 e. The summed E-state index contributed by atoms with van der Waals surface area (Å²) >= 11 is 0. The van der Waals surface area contributed by atoms with Crippen LogP contribution in [0.1, 0.15) is 37.9 Å². The Morgan fingerprint density at radius 3 is 2.49 bits per heavy atom. The summed E-state index contributed by atoms with van der Waals surface area (Å²) in [6.45, 7) is 8.26. The van der Waals surface area contributed by atoms with Crippen molar-refractivity contribution in [3.8, 4) is 11.5 Å². The number of aliphatic hydroxyl groups is 1. The van der Waals surface area contributed by atoms with E-state index >= 15 is 0 Å². The maximum atomic E-state index is 13.2. The summed E-state index contributed by atoms with van der Waals surface area (Å²) in [5.74, 6) is -2.10. The fraction of sp³-hybridized carbons (Fsp3) is 0.360. The molecule has 35 heavy (non-hydrogen) atoms. The Bertz CT molecular complexity index is 1160. The highest BCUT2D eigenvalue weighted by Crippen LogP contribution is 2.42. The van der Waals surface area contributed by atoms with Crippen LogP contribution >= 0.6 is 0 Å². The van der Waals surface area contributed by atoms with E-state index in [1.54, 1.807) is 13.0 Å². The zero-order valence-corrected chi connectivity index (χ0v) is 19.9. The molecule has 0 saturated carbocycles. The maximum absolute atomic E-state index is 13.2. The van der Waals surface area contributed by atoms with Crippen molar-refractivity contribution in [2.24, 2.45) is 0 Å². The number of phenols is 1. The number of benzene rings is 2. The van der Waals surface area contributed by atoms with Gasteiger partial charge in [0.05, 0.1) is 23.1 Å². The lowest BCUT2D eigenvalue weighted by Crippen LogP contribution is -2.38. The molecule has 0 bridgehead atoms. The van der Waals surface area contributed by atoms with Gasteiger partial charge in [-0.25, -0.2) is 0 Å². The van der Waals surface area contributed by atoms with Gasteiger partial charge in [0.15, 0.2) is 11.5 Å². The van der Waals surface area contributed by atoms with Crippen LogP contribution < -0.4 is 4.74 Å². The van der Waals surface area contributed by atoms with Crippen molar-refractivity contribution in [2.45, 2.75) is 26.8 Å². The van der Waals surface area contributed by atoms with Crippen LogP contribution in [-0.4, -0.2) is 69.4 Å². The molecule has 2 aromatic carbocycles. The molecular weight excluding hydrogens is 454 g/mol. The summed E-state index contributed by atoms with van der Waals surface area (Å²) in [5, 5.41) is 32.5. The van der Waals surface area contributed by atoms with Crippen LogP contribution in [0.5, 0.6) is 11.5 Å². The first kappa shape index (κ1) is 25.7. The Morgan fingerprint density at radius 1 is 1.14 bits per heavy atom. The molecule has 1 amide bonds. The number of carbonyl (C=O) groups excluding carboxylic acids is 2. The summed E-state index contributed by atoms with van der Waals surface area (Å²) in [5.41, 5.74) is 0.0690. The molecule has 10 heteroatoms. The third kappa shape index (κ3) is 5.27. The fourth-order valence-corrected chi connectivity index (χ4v) is 4.14. The van der Waals surface area contributed by atoms with Gasteiger partial charge in [0.1, 0.15) is 5.76 Å². The molecule has 0 aromatic heterocycles. The lowest BCUT2D eigenvalue weighted by Gasteiger charge is -2.28. The maximum Gasteiger partial charge on any atom is 0.295 e. The van der Waals surface area contributed by atoms with Crippen molar-refractivity contribution in [2.75, 3.05) is 32.8 Å². The number of aliphatic hydroxyl groups excluding tert-OH is 1. The van der Waals surface area contributed by atoms with Crippen LogP contribution in [0.3, 0.4) is 0 Å². The van der Waals surface area contributed by atoms with E-state index in [0.29, 0.717) is 12.1 Å². The molecule has 186 valence electrons. The zero-order chi connectivity index (χ0) is 25.7. The summed E-state index contributed by atoms with van der Waals surface area (Å²) in [4.78, 5) is 40.4. The Kier molecular flexibility index (Phi) is 8.08. The van der Waals surface area contributed by atoms with Crippen molar-refractivity contribution in [1.82, 2.24) is 9.80 Å². The topological polar surface area (TPSA) is 133 Å². The van der Waals surface area contributed by atoms with E-state index in [0.717, 1.165) is 19.2 Å². The van der Waals surface area contributed by atoms with E-state index in [-0.39, 0.29) is 41.5 Å². The van der Waals surface area contributed by atoms with Crippen LogP contribution in [0, 0.1) is 10.1 Å². The van der Waals surface area contributed by atoms with Crippen molar-refractivity contribution in [1.29, 1.82) is 0 Å². The minimum Gasteiger partial charge on any atom is -0.507 e. The second kappa shape index (κ2) is 11.0. The highest BCUT2D eigenvalue weighted by molar-refractivity contribution is 6.46. The number of hydrogen-bond acceptors (Lipinski definition) is 8. The third-order valence-electron chi connectivity index (χ3n) is 6.02. The minimum absolute atomic E-state index is 0.0507. The number of amides is 1. The lowest BCUT2D eigenvalue weighted by atomic mass is 9.95. The number of nitro benzene ring substituents is 1. The van der Waals surface area contributed by atoms with Crippen LogP contribution in [-0.2, 0) is 9.59 Å². The van der Waals surface area contributed by atoms with Crippen molar-refractivity contribution in [3.63, 3.8) is 0 Å². The highest BCUT2D eigenvalue weighted by Gasteiger charge is 2.46. The van der Waals surface area contributed by atoms with Crippen LogP contribution in [0.4, 0.5) is 5.69 Å². The molecule has 1 atom stereocenters. The summed E-state index contributed by atoms with van der Waals surface area (Å²) in [6.07, 6.45) is 0. The molecule has 0 spiro atoms. The monoisotopic (exact) mass is 483 g/mol. The summed E-state index contributed by atoms with van der Waals surface area (Å²) < 4.78 is 5.48. The van der Waals surface area contributed by atoms with Gasteiger partial charge in [0, 0.05) is 30.8 Å². The standard InChI is InChI=1S/C25H29N3O7/c1-4-26(5-2)12-13-27-22(16-10-11-19(29)20(15-16)35-6-3)21(24(31)25(27)32)23(30)17-8-7-9-18(14-17)28(33)34/h7-11,14-15,22,29-30H,4-6,12-13H2,1-3H3/b23-21+. The van der Waals surface area contributed by atoms with E-state index in [4.69, 9.17) is 4.74 Å². The van der Waals surface area contributed by atoms with E-state index < -0.39 is 28.4 Å². The highest BCUT2D eigenvalue weighted by atomic mass is 16.6. The van der Waals surface area contributed by atoms with E-state index in [1.165, 1.54) is 35.2 Å². The fourth-order valence-electron chi connectivity index (χ4n) is 4.14. The number of phenolic OH excluding ortho intramolecular Hbond substituents is 1. The quantitative estimate of drug-likeness (QED) is 0.173. The number of likely N-dealkylation sites (N-methyl/N-ethyl adjacent to an activating group) is 1. The first-order valence-electron chi connectivity index (χ1n) is 11.4. The van der Waals surface area contributed by atoms with Crippen LogP contribution in [0.25, 0.3) is 5.76 Å². The average Bonchev–Trinajstić information content (AvgIpc) is 3.10. The molecule has 1 aliphatic heterocycles. The van der Waals surface area contributed by atoms with Gasteiger partial charge < -0.3 is 24.7 Å². The number of hydrogen-bond donors (Lipinski definition) is 2. The van der Waals surface area contributed by atoms with Gasteiger partial charge in [0.25, 0.3) is 17.4 Å². The van der Waals surface area contributed by atoms with Gasteiger partial charge in [-0.2, -0.15) is 0 Å². The molecule has 1 heterocycles. The predicted octanol–water partition coefficient (Wildman–Crippen LogP) is 3.46. The Hall–Kier alpha value is -3.92. The molecule has 1 fully saturated rings. The number of Topliss-reactive ketones (excluding diaryl/α,β-unsaturated/α-hetero) is 1. The van der Waals surface area contributed by atoms with Gasteiger partial charge in [-0.05, 0) is 37.7 Å². The number of ketones is 1. The number of non-ortho nitro benzene ring substituents is 1. The number of nitrogens with zero attached hydrogens (tertiary/aromatic N) is 3. The van der Waals surface area contributed by atoms with Gasteiger partial charge in [-0.15, -0.1) is 0 Å². The molecule has 1 saturated heterocycles. The van der Waals surface area contributed by atoms with Crippen LogP contribution in [0.15, 0.2) is 48.0 Å². The van der Waals surface area contributed by atoms with Gasteiger partial charge in [0.2, 0.25) is 0 Å². The average molecular weight is 484 g/mol.